The lowest BCUT2D eigenvalue weighted by atomic mass is 10.0. The second-order valence-corrected chi connectivity index (χ2v) is 9.03. The van der Waals surface area contributed by atoms with Crippen LogP contribution in [0.25, 0.3) is 44.8 Å². The number of hydrogen-bond donors (Lipinski definition) is 0. The van der Waals surface area contributed by atoms with Crippen LogP contribution in [0.15, 0.2) is 52.2 Å². The van der Waals surface area contributed by atoms with E-state index in [-0.39, 0.29) is 17.8 Å². The van der Waals surface area contributed by atoms with Gasteiger partial charge in [-0.05, 0) is 37.5 Å². The van der Waals surface area contributed by atoms with Gasteiger partial charge in [-0.3, -0.25) is 4.57 Å². The average molecular weight is 487 g/mol. The number of imidazole rings is 1. The van der Waals surface area contributed by atoms with Crippen LogP contribution < -0.4 is 10.4 Å². The van der Waals surface area contributed by atoms with Gasteiger partial charge >= 0.3 is 5.69 Å². The second-order valence-electron chi connectivity index (χ2n) is 9.03. The van der Waals surface area contributed by atoms with Crippen molar-refractivity contribution in [2.45, 2.75) is 38.3 Å². The van der Waals surface area contributed by atoms with Crippen molar-refractivity contribution in [1.29, 1.82) is 0 Å². The molecule has 0 radical (unpaired) electrons. The van der Waals surface area contributed by atoms with Crippen molar-refractivity contribution < 1.29 is 13.9 Å². The highest BCUT2D eigenvalue weighted by atomic mass is 16.5. The van der Waals surface area contributed by atoms with E-state index in [1.54, 1.807) is 30.3 Å². The molecule has 0 unspecified atom stereocenters. The minimum absolute atomic E-state index is 0.0738. The van der Waals surface area contributed by atoms with E-state index in [0.717, 1.165) is 18.5 Å². The Hall–Kier alpha value is -4.05. The van der Waals surface area contributed by atoms with Gasteiger partial charge in [0.05, 0.1) is 25.2 Å². The summed E-state index contributed by atoms with van der Waals surface area (Å²) in [7, 11) is 3.47. The Labute approximate surface area is 206 Å². The summed E-state index contributed by atoms with van der Waals surface area (Å²) < 4.78 is 21.0. The molecule has 10 nitrogen and oxygen atoms in total. The monoisotopic (exact) mass is 486 g/mol. The van der Waals surface area contributed by atoms with Crippen molar-refractivity contribution in [2.75, 3.05) is 13.7 Å². The highest BCUT2D eigenvalue weighted by molar-refractivity contribution is 6.05. The third-order valence-electron chi connectivity index (χ3n) is 6.73. The smallest absolute Gasteiger partial charge is 0.349 e. The average Bonchev–Trinajstić information content (AvgIpc) is 3.51. The molecule has 1 aliphatic rings. The van der Waals surface area contributed by atoms with E-state index >= 15 is 0 Å². The largest absolute Gasteiger partial charge is 0.481 e. The fourth-order valence-electron chi connectivity index (χ4n) is 4.89. The highest BCUT2D eigenvalue weighted by Gasteiger charge is 2.29. The highest BCUT2D eigenvalue weighted by Crippen LogP contribution is 2.37. The maximum absolute atomic E-state index is 13.6. The molecule has 5 aromatic heterocycles. The Morgan fingerprint density at radius 1 is 1.14 bits per heavy atom. The molecular weight excluding hydrogens is 460 g/mol. The molecule has 0 saturated carbocycles. The van der Waals surface area contributed by atoms with E-state index < -0.39 is 0 Å². The van der Waals surface area contributed by atoms with Gasteiger partial charge in [0.1, 0.15) is 22.4 Å². The SMILES string of the molecule is CC[C@H]1C[C@@H](n2c(=O)nc(-c3ccc(OC)nc3)c3oc4ccc(-c5cn(C)cn5)nc4c32)CCO1. The van der Waals surface area contributed by atoms with Gasteiger partial charge in [-0.2, -0.15) is 4.98 Å². The fourth-order valence-corrected chi connectivity index (χ4v) is 4.89. The number of furan rings is 1. The Bertz CT molecular complexity index is 1620. The Morgan fingerprint density at radius 2 is 2.03 bits per heavy atom. The van der Waals surface area contributed by atoms with Crippen LogP contribution in [0.2, 0.25) is 0 Å². The van der Waals surface area contributed by atoms with Gasteiger partial charge in [-0.15, -0.1) is 0 Å². The number of aryl methyl sites for hydroxylation is 1. The van der Waals surface area contributed by atoms with Crippen LogP contribution in [0.3, 0.4) is 0 Å². The van der Waals surface area contributed by atoms with Gasteiger partial charge in [0.15, 0.2) is 11.2 Å². The number of hydrogen-bond acceptors (Lipinski definition) is 8. The summed E-state index contributed by atoms with van der Waals surface area (Å²) >= 11 is 0. The van der Waals surface area contributed by atoms with E-state index in [1.807, 2.05) is 36.0 Å². The van der Waals surface area contributed by atoms with E-state index in [2.05, 4.69) is 21.9 Å². The first-order chi connectivity index (χ1) is 17.6. The predicted octanol–water partition coefficient (Wildman–Crippen LogP) is 4.14. The molecular formula is C26H26N6O4. The number of fused-ring (bicyclic) bond motifs is 3. The van der Waals surface area contributed by atoms with Gasteiger partial charge in [-0.25, -0.2) is 19.7 Å². The molecule has 1 aliphatic heterocycles. The molecule has 2 atom stereocenters. The third kappa shape index (κ3) is 3.74. The van der Waals surface area contributed by atoms with Crippen LogP contribution in [0.4, 0.5) is 0 Å². The van der Waals surface area contributed by atoms with Crippen LogP contribution in [0, 0.1) is 0 Å². The Kier molecular flexibility index (Phi) is 5.52. The standard InChI is InChI=1S/C26H26N6O4/c1-4-17-11-16(9-10-35-17)32-24-23-20(7-6-18(29-23)19-13-31(2)14-28-19)36-25(24)22(30-26(32)33)15-5-8-21(34-3)27-12-15/h5-8,12-14,16-17H,4,9-11H2,1-3H3/t16-,17-/m0/s1. The summed E-state index contributed by atoms with van der Waals surface area (Å²) in [6.45, 7) is 2.68. The molecule has 0 bridgehead atoms. The maximum Gasteiger partial charge on any atom is 0.349 e. The lowest BCUT2D eigenvalue weighted by Gasteiger charge is -2.30. The number of pyridine rings is 2. The molecule has 1 fully saturated rings. The van der Waals surface area contributed by atoms with Crippen LogP contribution in [-0.4, -0.2) is 48.9 Å². The quantitative estimate of drug-likeness (QED) is 0.365. The van der Waals surface area contributed by atoms with Crippen molar-refractivity contribution in [3.05, 3.63) is 53.5 Å². The maximum atomic E-state index is 13.6. The molecule has 5 aromatic rings. The zero-order valence-corrected chi connectivity index (χ0v) is 20.3. The van der Waals surface area contributed by atoms with Crippen LogP contribution in [0.5, 0.6) is 5.88 Å². The summed E-state index contributed by atoms with van der Waals surface area (Å²) in [4.78, 5) is 31.8. The van der Waals surface area contributed by atoms with Crippen molar-refractivity contribution >= 4 is 22.2 Å². The van der Waals surface area contributed by atoms with Gasteiger partial charge < -0.3 is 18.5 Å². The molecule has 36 heavy (non-hydrogen) atoms. The van der Waals surface area contributed by atoms with Crippen LogP contribution >= 0.6 is 0 Å². The zero-order valence-electron chi connectivity index (χ0n) is 20.3. The van der Waals surface area contributed by atoms with Gasteiger partial charge in [0.25, 0.3) is 0 Å². The molecule has 0 aromatic carbocycles. The first kappa shape index (κ1) is 22.4. The van der Waals surface area contributed by atoms with Crippen molar-refractivity contribution in [1.82, 2.24) is 29.1 Å². The zero-order chi connectivity index (χ0) is 24.8. The number of methoxy groups -OCH3 is 1. The van der Waals surface area contributed by atoms with Gasteiger partial charge in [-0.1, -0.05) is 6.92 Å². The number of ether oxygens (including phenoxy) is 2. The minimum atomic E-state index is -0.345. The predicted molar refractivity (Wildman–Crippen MR) is 134 cm³/mol. The Balaban J connectivity index is 1.63. The summed E-state index contributed by atoms with van der Waals surface area (Å²) in [5.74, 6) is 0.474. The lowest BCUT2D eigenvalue weighted by molar-refractivity contribution is -0.00710. The molecule has 184 valence electrons. The fraction of sp³-hybridized carbons (Fsp3) is 0.346. The lowest BCUT2D eigenvalue weighted by Crippen LogP contribution is -2.34. The number of aromatic nitrogens is 6. The van der Waals surface area contributed by atoms with Crippen LogP contribution in [-0.2, 0) is 11.8 Å². The minimum Gasteiger partial charge on any atom is -0.481 e. The molecule has 6 rings (SSSR count). The summed E-state index contributed by atoms with van der Waals surface area (Å²) in [5.41, 5.74) is 4.51. The van der Waals surface area contributed by atoms with Crippen LogP contribution in [0.1, 0.15) is 32.2 Å². The Morgan fingerprint density at radius 3 is 2.75 bits per heavy atom. The first-order valence-electron chi connectivity index (χ1n) is 12.0. The molecule has 10 heteroatoms. The van der Waals surface area contributed by atoms with Gasteiger partial charge in [0, 0.05) is 43.7 Å². The summed E-state index contributed by atoms with van der Waals surface area (Å²) in [6.07, 6.45) is 7.68. The van der Waals surface area contributed by atoms with Gasteiger partial charge in [0.2, 0.25) is 5.88 Å². The molecule has 1 saturated heterocycles. The topological polar surface area (TPSA) is 110 Å². The van der Waals surface area contributed by atoms with E-state index in [1.165, 1.54) is 0 Å². The van der Waals surface area contributed by atoms with Crippen molar-refractivity contribution in [2.24, 2.45) is 7.05 Å². The molecule has 0 N–H and O–H groups in total. The normalized spacial score (nSPS) is 18.2. The number of rotatable bonds is 5. The van der Waals surface area contributed by atoms with Crippen molar-refractivity contribution in [3.8, 4) is 28.5 Å². The molecule has 6 heterocycles. The second kappa shape index (κ2) is 8.87. The molecule has 0 aliphatic carbocycles. The van der Waals surface area contributed by atoms with Crippen molar-refractivity contribution in [3.63, 3.8) is 0 Å². The molecule has 0 amide bonds. The van der Waals surface area contributed by atoms with E-state index in [0.29, 0.717) is 58.1 Å². The summed E-state index contributed by atoms with van der Waals surface area (Å²) in [6, 6.07) is 7.22. The van der Waals surface area contributed by atoms with E-state index in [9.17, 15) is 4.79 Å². The third-order valence-corrected chi connectivity index (χ3v) is 6.73. The summed E-state index contributed by atoms with van der Waals surface area (Å²) in [5, 5.41) is 0. The first-order valence-corrected chi connectivity index (χ1v) is 12.0. The molecule has 0 spiro atoms. The van der Waals surface area contributed by atoms with E-state index in [4.69, 9.17) is 18.9 Å². The number of nitrogens with zero attached hydrogens (tertiary/aromatic N) is 6.